The van der Waals surface area contributed by atoms with E-state index in [-0.39, 0.29) is 18.4 Å². The van der Waals surface area contributed by atoms with Gasteiger partial charge in [0.2, 0.25) is 11.8 Å². The topological polar surface area (TPSA) is 75.4 Å². The molecule has 0 heterocycles. The van der Waals surface area contributed by atoms with Crippen molar-refractivity contribution in [2.24, 2.45) is 5.73 Å². The summed E-state index contributed by atoms with van der Waals surface area (Å²) in [6.07, 6.45) is 0. The van der Waals surface area contributed by atoms with E-state index in [0.717, 1.165) is 5.56 Å². The van der Waals surface area contributed by atoms with Gasteiger partial charge in [0.1, 0.15) is 6.04 Å². The summed E-state index contributed by atoms with van der Waals surface area (Å²) in [7, 11) is 1.54. The number of amides is 2. The van der Waals surface area contributed by atoms with Gasteiger partial charge >= 0.3 is 0 Å². The third-order valence-corrected chi connectivity index (χ3v) is 2.73. The van der Waals surface area contributed by atoms with Gasteiger partial charge in [-0.1, -0.05) is 30.3 Å². The monoisotopic (exact) mass is 249 g/mol. The van der Waals surface area contributed by atoms with Crippen molar-refractivity contribution in [3.8, 4) is 0 Å². The molecule has 18 heavy (non-hydrogen) atoms. The molecule has 1 rings (SSSR count). The number of benzene rings is 1. The normalized spacial score (nSPS) is 11.7. The van der Waals surface area contributed by atoms with Crippen LogP contribution in [0.2, 0.25) is 0 Å². The molecule has 5 nitrogen and oxygen atoms in total. The molecule has 0 radical (unpaired) electrons. The maximum atomic E-state index is 12.1. The number of nitrogens with zero attached hydrogens (tertiary/aromatic N) is 1. The average molecular weight is 249 g/mol. The fourth-order valence-corrected chi connectivity index (χ4v) is 1.60. The zero-order valence-corrected chi connectivity index (χ0v) is 10.7. The summed E-state index contributed by atoms with van der Waals surface area (Å²) in [4.78, 5) is 24.9. The molecule has 0 unspecified atom stereocenters. The van der Waals surface area contributed by atoms with Crippen LogP contribution < -0.4 is 11.1 Å². The summed E-state index contributed by atoms with van der Waals surface area (Å²) in [6.45, 7) is 2.30. The van der Waals surface area contributed by atoms with Crippen molar-refractivity contribution in [1.29, 1.82) is 0 Å². The van der Waals surface area contributed by atoms with Crippen molar-refractivity contribution in [2.45, 2.75) is 13.0 Å². The third kappa shape index (κ3) is 3.56. The number of rotatable bonds is 5. The number of hydrogen-bond donors (Lipinski definition) is 2. The van der Waals surface area contributed by atoms with Crippen LogP contribution in [0.5, 0.6) is 0 Å². The molecule has 0 bridgehead atoms. The molecule has 0 aromatic heterocycles. The third-order valence-electron chi connectivity index (χ3n) is 2.73. The number of carbonyl (C=O) groups is 2. The molecule has 0 aliphatic carbocycles. The minimum absolute atomic E-state index is 0.0341. The van der Waals surface area contributed by atoms with Crippen LogP contribution in [-0.2, 0) is 9.59 Å². The van der Waals surface area contributed by atoms with Crippen LogP contribution in [0.15, 0.2) is 30.3 Å². The molecule has 3 N–H and O–H groups in total. The fourth-order valence-electron chi connectivity index (χ4n) is 1.60. The molecule has 0 saturated carbocycles. The molecule has 1 atom stereocenters. The predicted molar refractivity (Wildman–Crippen MR) is 69.7 cm³/mol. The van der Waals surface area contributed by atoms with Gasteiger partial charge in [0.05, 0.1) is 6.54 Å². The Morgan fingerprint density at radius 3 is 2.44 bits per heavy atom. The first kappa shape index (κ1) is 14.2. The van der Waals surface area contributed by atoms with E-state index in [1.54, 1.807) is 12.1 Å². The molecule has 5 heteroatoms. The lowest BCUT2D eigenvalue weighted by Crippen LogP contribution is -2.43. The molecule has 2 amide bonds. The molecule has 98 valence electrons. The highest BCUT2D eigenvalue weighted by Crippen LogP contribution is 2.12. The highest BCUT2D eigenvalue weighted by atomic mass is 16.2. The summed E-state index contributed by atoms with van der Waals surface area (Å²) in [5, 5.41) is 2.49. The second-order valence-corrected chi connectivity index (χ2v) is 3.91. The van der Waals surface area contributed by atoms with E-state index in [1.165, 1.54) is 11.9 Å². The number of carbonyl (C=O) groups excluding carboxylic acids is 2. The highest BCUT2D eigenvalue weighted by molar-refractivity contribution is 5.88. The van der Waals surface area contributed by atoms with Gasteiger partial charge < -0.3 is 16.0 Å². The Bertz CT molecular complexity index is 406. The zero-order valence-electron chi connectivity index (χ0n) is 10.7. The van der Waals surface area contributed by atoms with Gasteiger partial charge in [-0.25, -0.2) is 0 Å². The van der Waals surface area contributed by atoms with Crippen molar-refractivity contribution >= 4 is 11.8 Å². The van der Waals surface area contributed by atoms with Crippen LogP contribution in [0.1, 0.15) is 18.5 Å². The Morgan fingerprint density at radius 2 is 1.94 bits per heavy atom. The van der Waals surface area contributed by atoms with Crippen LogP contribution in [-0.4, -0.2) is 36.9 Å². The van der Waals surface area contributed by atoms with Gasteiger partial charge in [0.25, 0.3) is 0 Å². The molecular weight excluding hydrogens is 230 g/mol. The molecular formula is C13H19N3O2. The van der Waals surface area contributed by atoms with E-state index in [4.69, 9.17) is 5.73 Å². The Labute approximate surface area is 107 Å². The van der Waals surface area contributed by atoms with E-state index in [0.29, 0.717) is 6.54 Å². The van der Waals surface area contributed by atoms with Gasteiger partial charge in [-0.15, -0.1) is 0 Å². The van der Waals surface area contributed by atoms with Crippen molar-refractivity contribution in [3.05, 3.63) is 35.9 Å². The number of nitrogens with one attached hydrogen (secondary N) is 1. The van der Waals surface area contributed by atoms with Gasteiger partial charge in [-0.3, -0.25) is 9.59 Å². The Hall–Kier alpha value is -1.88. The van der Waals surface area contributed by atoms with Crippen molar-refractivity contribution < 1.29 is 9.59 Å². The molecule has 1 aromatic carbocycles. The van der Waals surface area contributed by atoms with Gasteiger partial charge in [-0.2, -0.15) is 0 Å². The molecule has 0 aliphatic rings. The zero-order chi connectivity index (χ0) is 13.5. The Kier molecular flexibility index (Phi) is 5.32. The molecule has 0 fully saturated rings. The van der Waals surface area contributed by atoms with Crippen molar-refractivity contribution in [3.63, 3.8) is 0 Å². The first-order valence-electron chi connectivity index (χ1n) is 5.90. The van der Waals surface area contributed by atoms with Crippen molar-refractivity contribution in [1.82, 2.24) is 10.2 Å². The maximum Gasteiger partial charge on any atom is 0.244 e. The number of hydrogen-bond acceptors (Lipinski definition) is 3. The average Bonchev–Trinajstić information content (AvgIpc) is 2.43. The minimum atomic E-state index is -0.726. The molecule has 0 aliphatic heterocycles. The second kappa shape index (κ2) is 6.76. The fraction of sp³-hybridized carbons (Fsp3) is 0.385. The summed E-state index contributed by atoms with van der Waals surface area (Å²) in [6, 6.07) is 8.40. The van der Waals surface area contributed by atoms with Gasteiger partial charge in [0.15, 0.2) is 0 Å². The lowest BCUT2D eigenvalue weighted by molar-refractivity contribution is -0.136. The lowest BCUT2D eigenvalue weighted by Gasteiger charge is -2.23. The molecule has 0 spiro atoms. The number of likely N-dealkylation sites (N-methyl/N-ethyl adjacent to an activating group) is 2. The Balaban J connectivity index is 2.75. The van der Waals surface area contributed by atoms with Crippen LogP contribution in [0.3, 0.4) is 0 Å². The molecule has 1 aromatic rings. The Morgan fingerprint density at radius 1 is 1.33 bits per heavy atom. The standard InChI is InChI=1S/C13H19N3O2/c1-3-16(9-11(17)15-2)13(18)12(14)10-7-5-4-6-8-10/h4-8,12H,3,9,14H2,1-2H3,(H,15,17)/t12-/m0/s1. The summed E-state index contributed by atoms with van der Waals surface area (Å²) in [5.74, 6) is -0.447. The summed E-state index contributed by atoms with van der Waals surface area (Å²) < 4.78 is 0. The van der Waals surface area contributed by atoms with Crippen LogP contribution in [0.4, 0.5) is 0 Å². The van der Waals surface area contributed by atoms with E-state index in [2.05, 4.69) is 5.32 Å². The van der Waals surface area contributed by atoms with Gasteiger partial charge in [0, 0.05) is 13.6 Å². The first-order valence-corrected chi connectivity index (χ1v) is 5.90. The first-order chi connectivity index (χ1) is 8.60. The minimum Gasteiger partial charge on any atom is -0.358 e. The maximum absolute atomic E-state index is 12.1. The predicted octanol–water partition coefficient (Wildman–Crippen LogP) is 0.281. The second-order valence-electron chi connectivity index (χ2n) is 3.91. The lowest BCUT2D eigenvalue weighted by atomic mass is 10.1. The SMILES string of the molecule is CCN(CC(=O)NC)C(=O)[C@@H](N)c1ccccc1. The van der Waals surface area contributed by atoms with E-state index < -0.39 is 6.04 Å². The van der Waals surface area contributed by atoms with Crippen LogP contribution in [0, 0.1) is 0 Å². The van der Waals surface area contributed by atoms with E-state index >= 15 is 0 Å². The number of nitrogens with two attached hydrogens (primary N) is 1. The molecule has 0 saturated heterocycles. The van der Waals surface area contributed by atoms with Crippen LogP contribution >= 0.6 is 0 Å². The van der Waals surface area contributed by atoms with E-state index in [9.17, 15) is 9.59 Å². The quantitative estimate of drug-likeness (QED) is 0.787. The van der Waals surface area contributed by atoms with Gasteiger partial charge in [-0.05, 0) is 12.5 Å². The van der Waals surface area contributed by atoms with Crippen molar-refractivity contribution in [2.75, 3.05) is 20.1 Å². The highest BCUT2D eigenvalue weighted by Gasteiger charge is 2.22. The summed E-state index contributed by atoms with van der Waals surface area (Å²) in [5.41, 5.74) is 6.66. The summed E-state index contributed by atoms with van der Waals surface area (Å²) >= 11 is 0. The van der Waals surface area contributed by atoms with Crippen LogP contribution in [0.25, 0.3) is 0 Å². The van der Waals surface area contributed by atoms with E-state index in [1.807, 2.05) is 25.1 Å². The smallest absolute Gasteiger partial charge is 0.244 e. The largest absolute Gasteiger partial charge is 0.358 e.